The Morgan fingerprint density at radius 3 is 2.39 bits per heavy atom. The summed E-state index contributed by atoms with van der Waals surface area (Å²) in [5.41, 5.74) is 3.93. The second-order valence-electron chi connectivity index (χ2n) is 6.32. The summed E-state index contributed by atoms with van der Waals surface area (Å²) in [6.07, 6.45) is 1.06. The first kappa shape index (κ1) is 17.4. The van der Waals surface area contributed by atoms with Gasteiger partial charge in [-0.25, -0.2) is 4.79 Å². The van der Waals surface area contributed by atoms with Crippen molar-refractivity contribution in [3.05, 3.63) is 27.8 Å². The Labute approximate surface area is 137 Å². The van der Waals surface area contributed by atoms with Gasteiger partial charge in [0.05, 0.1) is 5.94 Å². The Hall–Kier alpha value is -1.98. The predicted molar refractivity (Wildman–Crippen MR) is 90.4 cm³/mol. The molecule has 6 heteroatoms. The van der Waals surface area contributed by atoms with Crippen LogP contribution in [-0.4, -0.2) is 41.8 Å². The quantitative estimate of drug-likeness (QED) is 0.870. The molecule has 0 radical (unpaired) electrons. The molecule has 0 spiro atoms. The van der Waals surface area contributed by atoms with E-state index in [9.17, 15) is 14.7 Å². The number of rotatable bonds is 3. The van der Waals surface area contributed by atoms with Gasteiger partial charge in [0, 0.05) is 13.5 Å². The van der Waals surface area contributed by atoms with E-state index < -0.39 is 5.97 Å². The summed E-state index contributed by atoms with van der Waals surface area (Å²) in [6, 6.07) is 0. The molecule has 1 aliphatic rings. The predicted octanol–water partition coefficient (Wildman–Crippen LogP) is 2.64. The van der Waals surface area contributed by atoms with Crippen LogP contribution in [0.25, 0.3) is 0 Å². The lowest BCUT2D eigenvalue weighted by Gasteiger charge is -2.37. The van der Waals surface area contributed by atoms with E-state index in [1.54, 1.807) is 11.9 Å². The average molecular weight is 317 g/mol. The lowest BCUT2D eigenvalue weighted by atomic mass is 9.57. The largest absolute Gasteiger partial charge is 0.558 e. The average Bonchev–Trinajstić information content (AvgIpc) is 2.50. The van der Waals surface area contributed by atoms with Crippen LogP contribution < -0.4 is 4.65 Å². The fraction of sp³-hybridized carbons (Fsp3) is 0.529. The number of likely N-dealkylation sites (N-methyl/N-ethyl adjacent to an activating group) is 1. The molecule has 0 fully saturated rings. The Balaban J connectivity index is 2.56. The van der Waals surface area contributed by atoms with Crippen LogP contribution in [0, 0.1) is 20.8 Å². The van der Waals surface area contributed by atoms with Gasteiger partial charge in [-0.2, -0.15) is 0 Å². The number of amides is 1. The SMILES string of the molecule is CCC(=O)N(C)C1Cc2c(C)c(C)c(C)c(C(=O)O)c2OB1C. The molecule has 1 aliphatic heterocycles. The zero-order chi connectivity index (χ0) is 17.5. The molecule has 0 aromatic heterocycles. The molecule has 1 aromatic rings. The number of nitrogens with zero attached hydrogens (tertiary/aromatic N) is 1. The van der Waals surface area contributed by atoms with Crippen LogP contribution in [0.4, 0.5) is 0 Å². The van der Waals surface area contributed by atoms with Crippen molar-refractivity contribution in [2.75, 3.05) is 7.05 Å². The van der Waals surface area contributed by atoms with Crippen LogP contribution in [0.3, 0.4) is 0 Å². The van der Waals surface area contributed by atoms with Gasteiger partial charge in [-0.1, -0.05) is 6.92 Å². The second-order valence-corrected chi connectivity index (χ2v) is 6.32. The number of benzene rings is 1. The minimum atomic E-state index is -0.967. The van der Waals surface area contributed by atoms with Crippen LogP contribution >= 0.6 is 0 Å². The molecule has 0 saturated carbocycles. The zero-order valence-electron chi connectivity index (χ0n) is 14.7. The van der Waals surface area contributed by atoms with Gasteiger partial charge in [-0.15, -0.1) is 0 Å². The van der Waals surface area contributed by atoms with E-state index >= 15 is 0 Å². The topological polar surface area (TPSA) is 66.8 Å². The van der Waals surface area contributed by atoms with Gasteiger partial charge in [0.15, 0.2) is 0 Å². The first-order valence-corrected chi connectivity index (χ1v) is 7.98. The molecule has 23 heavy (non-hydrogen) atoms. The van der Waals surface area contributed by atoms with Crippen LogP contribution in [-0.2, 0) is 11.2 Å². The molecule has 0 bridgehead atoms. The first-order valence-electron chi connectivity index (χ1n) is 7.98. The number of carboxylic acids is 1. The number of hydrogen-bond acceptors (Lipinski definition) is 3. The standard InChI is InChI=1S/C17H24BNO4/c1-7-14(20)19(6)13-8-12-10(3)9(2)11(4)15(17(21)22)16(12)23-18(13)5/h13H,7-8H2,1-6H3,(H,21,22). The number of carbonyl (C=O) groups excluding carboxylic acids is 1. The molecule has 1 aromatic carbocycles. The fourth-order valence-electron chi connectivity index (χ4n) is 3.35. The Bertz CT molecular complexity index is 671. The maximum Gasteiger partial charge on any atom is 0.377 e. The van der Waals surface area contributed by atoms with Gasteiger partial charge >= 0.3 is 12.9 Å². The maximum atomic E-state index is 12.0. The highest BCUT2D eigenvalue weighted by Crippen LogP contribution is 2.38. The van der Waals surface area contributed by atoms with Crippen LogP contribution in [0.5, 0.6) is 5.75 Å². The van der Waals surface area contributed by atoms with Crippen molar-refractivity contribution in [1.29, 1.82) is 0 Å². The number of carbonyl (C=O) groups is 2. The maximum absolute atomic E-state index is 12.0. The normalized spacial score (nSPS) is 16.6. The van der Waals surface area contributed by atoms with Gasteiger partial charge in [0.2, 0.25) is 5.91 Å². The van der Waals surface area contributed by atoms with E-state index in [1.807, 2.05) is 34.5 Å². The molecule has 0 aliphatic carbocycles. The van der Waals surface area contributed by atoms with E-state index in [4.69, 9.17) is 4.65 Å². The highest BCUT2D eigenvalue weighted by atomic mass is 16.4. The van der Waals surface area contributed by atoms with E-state index in [-0.39, 0.29) is 24.3 Å². The minimum Gasteiger partial charge on any atom is -0.558 e. The Kier molecular flexibility index (Phi) is 4.73. The number of hydrogen-bond donors (Lipinski definition) is 1. The molecule has 1 unspecified atom stereocenters. The Morgan fingerprint density at radius 2 is 1.87 bits per heavy atom. The number of aromatic carboxylic acids is 1. The molecule has 1 atom stereocenters. The van der Waals surface area contributed by atoms with Crippen molar-refractivity contribution in [3.63, 3.8) is 0 Å². The summed E-state index contributed by atoms with van der Waals surface area (Å²) in [6.45, 7) is 9.23. The van der Waals surface area contributed by atoms with E-state index in [1.165, 1.54) is 0 Å². The van der Waals surface area contributed by atoms with Crippen LogP contribution in [0.1, 0.15) is 46.0 Å². The zero-order valence-corrected chi connectivity index (χ0v) is 14.7. The number of carboxylic acid groups (broad SMARTS) is 1. The van der Waals surface area contributed by atoms with E-state index in [0.29, 0.717) is 18.6 Å². The van der Waals surface area contributed by atoms with Crippen molar-refractivity contribution >= 4 is 18.8 Å². The third-order valence-corrected chi connectivity index (χ3v) is 5.12. The van der Waals surface area contributed by atoms with E-state index in [2.05, 4.69) is 0 Å². The summed E-state index contributed by atoms with van der Waals surface area (Å²) >= 11 is 0. The second kappa shape index (κ2) is 6.26. The molecular formula is C17H24BNO4. The van der Waals surface area contributed by atoms with E-state index in [0.717, 1.165) is 22.3 Å². The third-order valence-electron chi connectivity index (χ3n) is 5.12. The Morgan fingerprint density at radius 1 is 1.26 bits per heavy atom. The first-order chi connectivity index (χ1) is 10.7. The summed E-state index contributed by atoms with van der Waals surface area (Å²) in [7, 11) is 1.79. The fourth-order valence-corrected chi connectivity index (χ4v) is 3.35. The van der Waals surface area contributed by atoms with Gasteiger partial charge in [0.1, 0.15) is 11.3 Å². The van der Waals surface area contributed by atoms with Gasteiger partial charge in [-0.05, 0) is 56.3 Å². The molecule has 1 amide bonds. The molecule has 124 valence electrons. The van der Waals surface area contributed by atoms with Gasteiger partial charge in [0.25, 0.3) is 0 Å². The van der Waals surface area contributed by atoms with Crippen LogP contribution in [0.2, 0.25) is 6.82 Å². The molecule has 2 rings (SSSR count). The minimum absolute atomic E-state index is 0.0637. The lowest BCUT2D eigenvalue weighted by Crippen LogP contribution is -2.52. The van der Waals surface area contributed by atoms with Crippen molar-refractivity contribution < 1.29 is 19.3 Å². The van der Waals surface area contributed by atoms with Crippen molar-refractivity contribution in [3.8, 4) is 5.75 Å². The molecule has 1 heterocycles. The van der Waals surface area contributed by atoms with Gasteiger partial charge < -0.3 is 14.7 Å². The smallest absolute Gasteiger partial charge is 0.377 e. The van der Waals surface area contributed by atoms with Crippen LogP contribution in [0.15, 0.2) is 0 Å². The lowest BCUT2D eigenvalue weighted by molar-refractivity contribution is -0.130. The van der Waals surface area contributed by atoms with Crippen molar-refractivity contribution in [2.24, 2.45) is 0 Å². The monoisotopic (exact) mass is 317 g/mol. The summed E-state index contributed by atoms with van der Waals surface area (Å²) in [5.74, 6) is -0.518. The molecule has 0 saturated heterocycles. The molecule has 5 nitrogen and oxygen atoms in total. The number of fused-ring (bicyclic) bond motifs is 1. The van der Waals surface area contributed by atoms with Crippen molar-refractivity contribution in [2.45, 2.75) is 53.3 Å². The summed E-state index contributed by atoms with van der Waals surface area (Å²) < 4.78 is 5.99. The molecule has 1 N–H and O–H groups in total. The highest BCUT2D eigenvalue weighted by molar-refractivity contribution is 6.54. The van der Waals surface area contributed by atoms with Gasteiger partial charge in [-0.3, -0.25) is 4.79 Å². The summed E-state index contributed by atoms with van der Waals surface area (Å²) in [4.78, 5) is 25.4. The third kappa shape index (κ3) is 2.82. The highest BCUT2D eigenvalue weighted by Gasteiger charge is 2.38. The molecular weight excluding hydrogens is 293 g/mol. The summed E-state index contributed by atoms with van der Waals surface area (Å²) in [5, 5.41) is 9.58. The van der Waals surface area contributed by atoms with Crippen molar-refractivity contribution in [1.82, 2.24) is 4.90 Å².